The van der Waals surface area contributed by atoms with Gasteiger partial charge in [-0.05, 0) is 30.7 Å². The third-order valence-electron chi connectivity index (χ3n) is 2.26. The second kappa shape index (κ2) is 7.32. The molecule has 0 aromatic heterocycles. The highest BCUT2D eigenvalue weighted by Crippen LogP contribution is 2.16. The quantitative estimate of drug-likeness (QED) is 0.779. The van der Waals surface area contributed by atoms with E-state index in [0.717, 1.165) is 12.8 Å². The molecule has 0 aliphatic heterocycles. The first-order valence-electron chi connectivity index (χ1n) is 5.86. The van der Waals surface area contributed by atoms with Crippen LogP contribution < -0.4 is 10.1 Å². The number of ether oxygens (including phenoxy) is 1. The number of amides is 1. The molecule has 1 aromatic carbocycles. The van der Waals surface area contributed by atoms with E-state index < -0.39 is 5.97 Å². The molecule has 0 aliphatic carbocycles. The van der Waals surface area contributed by atoms with Crippen molar-refractivity contribution in [3.63, 3.8) is 0 Å². The number of nitrogens with one attached hydrogen (secondary N) is 1. The summed E-state index contributed by atoms with van der Waals surface area (Å²) in [7, 11) is 0. The van der Waals surface area contributed by atoms with Gasteiger partial charge in [-0.15, -0.1) is 0 Å². The highest BCUT2D eigenvalue weighted by Gasteiger charge is 2.02. The summed E-state index contributed by atoms with van der Waals surface area (Å²) in [6.45, 7) is 1.66. The van der Waals surface area contributed by atoms with E-state index in [2.05, 4.69) is 5.32 Å². The first kappa shape index (κ1) is 14.0. The lowest BCUT2D eigenvalue weighted by molar-refractivity contribution is -0.139. The van der Waals surface area contributed by atoms with Crippen LogP contribution in [0.4, 0.5) is 5.69 Å². The van der Waals surface area contributed by atoms with Crippen molar-refractivity contribution >= 4 is 17.6 Å². The molecule has 5 heteroatoms. The van der Waals surface area contributed by atoms with Crippen molar-refractivity contribution < 1.29 is 19.4 Å². The summed E-state index contributed by atoms with van der Waals surface area (Å²) >= 11 is 0. The molecule has 0 atom stereocenters. The molecule has 18 heavy (non-hydrogen) atoms. The van der Waals surface area contributed by atoms with Gasteiger partial charge in [-0.25, -0.2) is 4.79 Å². The van der Waals surface area contributed by atoms with Gasteiger partial charge in [0.15, 0.2) is 6.61 Å². The minimum absolute atomic E-state index is 0.0175. The highest BCUT2D eigenvalue weighted by atomic mass is 16.5. The number of hydrogen-bond donors (Lipinski definition) is 2. The van der Waals surface area contributed by atoms with Crippen LogP contribution in [0.5, 0.6) is 5.75 Å². The maximum Gasteiger partial charge on any atom is 0.341 e. The molecule has 0 saturated carbocycles. The Bertz CT molecular complexity index is 400. The molecule has 0 fully saturated rings. The second-order valence-electron chi connectivity index (χ2n) is 3.86. The maximum atomic E-state index is 11.5. The number of carbonyl (C=O) groups is 2. The number of carbonyl (C=O) groups excluding carboxylic acids is 1. The van der Waals surface area contributed by atoms with E-state index in [1.807, 2.05) is 6.92 Å². The molecular formula is C13H17NO4. The van der Waals surface area contributed by atoms with Crippen molar-refractivity contribution in [2.75, 3.05) is 11.9 Å². The van der Waals surface area contributed by atoms with Crippen LogP contribution in [0.15, 0.2) is 24.3 Å². The van der Waals surface area contributed by atoms with Crippen LogP contribution in [0, 0.1) is 0 Å². The Morgan fingerprint density at radius 2 is 1.94 bits per heavy atom. The number of anilines is 1. The fourth-order valence-corrected chi connectivity index (χ4v) is 1.34. The molecule has 0 radical (unpaired) electrons. The van der Waals surface area contributed by atoms with Crippen molar-refractivity contribution in [1.29, 1.82) is 0 Å². The molecule has 5 nitrogen and oxygen atoms in total. The van der Waals surface area contributed by atoms with Gasteiger partial charge in [0.1, 0.15) is 5.75 Å². The van der Waals surface area contributed by atoms with Crippen molar-refractivity contribution in [2.24, 2.45) is 0 Å². The van der Waals surface area contributed by atoms with E-state index in [1.54, 1.807) is 24.3 Å². The van der Waals surface area contributed by atoms with Crippen molar-refractivity contribution in [3.8, 4) is 5.75 Å². The van der Waals surface area contributed by atoms with Gasteiger partial charge >= 0.3 is 5.97 Å². The zero-order valence-electron chi connectivity index (χ0n) is 10.3. The van der Waals surface area contributed by atoms with Gasteiger partial charge in [0, 0.05) is 12.1 Å². The van der Waals surface area contributed by atoms with Crippen LogP contribution in [0.2, 0.25) is 0 Å². The Kier molecular flexibility index (Phi) is 5.70. The molecule has 2 N–H and O–H groups in total. The minimum atomic E-state index is -1.02. The van der Waals surface area contributed by atoms with Crippen LogP contribution >= 0.6 is 0 Å². The van der Waals surface area contributed by atoms with Gasteiger partial charge in [0.2, 0.25) is 5.91 Å². The van der Waals surface area contributed by atoms with Gasteiger partial charge in [0.25, 0.3) is 0 Å². The molecule has 0 saturated heterocycles. The average Bonchev–Trinajstić information content (AvgIpc) is 2.35. The number of benzene rings is 1. The monoisotopic (exact) mass is 251 g/mol. The van der Waals surface area contributed by atoms with Crippen LogP contribution in [0.1, 0.15) is 26.2 Å². The third-order valence-corrected chi connectivity index (χ3v) is 2.26. The smallest absolute Gasteiger partial charge is 0.341 e. The summed E-state index contributed by atoms with van der Waals surface area (Å²) in [5, 5.41) is 11.2. The zero-order valence-corrected chi connectivity index (χ0v) is 10.3. The summed E-state index contributed by atoms with van der Waals surface area (Å²) in [4.78, 5) is 21.8. The van der Waals surface area contributed by atoms with E-state index in [4.69, 9.17) is 9.84 Å². The van der Waals surface area contributed by atoms with E-state index in [1.165, 1.54) is 0 Å². The topological polar surface area (TPSA) is 75.6 Å². The molecule has 1 amide bonds. The highest BCUT2D eigenvalue weighted by molar-refractivity contribution is 5.90. The van der Waals surface area contributed by atoms with E-state index in [0.29, 0.717) is 17.9 Å². The Hall–Kier alpha value is -2.04. The van der Waals surface area contributed by atoms with E-state index >= 15 is 0 Å². The zero-order chi connectivity index (χ0) is 13.4. The van der Waals surface area contributed by atoms with Crippen LogP contribution in [0.25, 0.3) is 0 Å². The summed E-state index contributed by atoms with van der Waals surface area (Å²) < 4.78 is 4.98. The summed E-state index contributed by atoms with van der Waals surface area (Å²) in [6.07, 6.45) is 2.36. The van der Waals surface area contributed by atoms with Gasteiger partial charge in [0.05, 0.1) is 0 Å². The Morgan fingerprint density at radius 1 is 1.28 bits per heavy atom. The number of carboxylic acid groups (broad SMARTS) is 1. The van der Waals surface area contributed by atoms with Gasteiger partial charge in [-0.3, -0.25) is 4.79 Å². The summed E-state index contributed by atoms with van der Waals surface area (Å²) in [5.41, 5.74) is 0.679. The predicted molar refractivity (Wildman–Crippen MR) is 67.7 cm³/mol. The molecule has 0 heterocycles. The Morgan fingerprint density at radius 3 is 2.50 bits per heavy atom. The molecule has 0 spiro atoms. The Labute approximate surface area is 106 Å². The van der Waals surface area contributed by atoms with E-state index in [-0.39, 0.29) is 12.5 Å². The molecule has 1 aromatic rings. The standard InChI is InChI=1S/C13H17NO4/c1-2-3-4-12(15)14-10-5-7-11(8-6-10)18-9-13(16)17/h5-8H,2-4,9H2,1H3,(H,14,15)(H,16,17). The number of hydrogen-bond acceptors (Lipinski definition) is 3. The molecule has 98 valence electrons. The average molecular weight is 251 g/mol. The van der Waals surface area contributed by atoms with Gasteiger partial charge in [-0.2, -0.15) is 0 Å². The van der Waals surface area contributed by atoms with Crippen LogP contribution in [0.3, 0.4) is 0 Å². The molecular weight excluding hydrogens is 234 g/mol. The van der Waals surface area contributed by atoms with Gasteiger partial charge < -0.3 is 15.2 Å². The lowest BCUT2D eigenvalue weighted by Crippen LogP contribution is -2.11. The van der Waals surface area contributed by atoms with Crippen LogP contribution in [-0.2, 0) is 9.59 Å². The van der Waals surface area contributed by atoms with Crippen LogP contribution in [-0.4, -0.2) is 23.6 Å². The minimum Gasteiger partial charge on any atom is -0.482 e. The molecule has 1 rings (SSSR count). The Balaban J connectivity index is 2.44. The first-order chi connectivity index (χ1) is 8.61. The fourth-order valence-electron chi connectivity index (χ4n) is 1.34. The SMILES string of the molecule is CCCCC(=O)Nc1ccc(OCC(=O)O)cc1. The fraction of sp³-hybridized carbons (Fsp3) is 0.385. The number of carboxylic acids is 1. The lowest BCUT2D eigenvalue weighted by Gasteiger charge is -2.06. The molecule has 0 unspecified atom stereocenters. The second-order valence-corrected chi connectivity index (χ2v) is 3.86. The summed E-state index contributed by atoms with van der Waals surface area (Å²) in [5.74, 6) is -0.577. The number of unbranched alkanes of at least 4 members (excludes halogenated alkanes) is 1. The van der Waals surface area contributed by atoms with Crippen molar-refractivity contribution in [1.82, 2.24) is 0 Å². The summed E-state index contributed by atoms with van der Waals surface area (Å²) in [6, 6.07) is 6.61. The van der Waals surface area contributed by atoms with Gasteiger partial charge in [-0.1, -0.05) is 13.3 Å². The molecule has 0 aliphatic rings. The third kappa shape index (κ3) is 5.34. The molecule has 0 bridgehead atoms. The van der Waals surface area contributed by atoms with E-state index in [9.17, 15) is 9.59 Å². The number of aliphatic carboxylic acids is 1. The number of rotatable bonds is 7. The normalized spacial score (nSPS) is 9.83. The lowest BCUT2D eigenvalue weighted by atomic mass is 10.2. The maximum absolute atomic E-state index is 11.5. The predicted octanol–water partition coefficient (Wildman–Crippen LogP) is 2.28. The van der Waals surface area contributed by atoms with Crippen molar-refractivity contribution in [2.45, 2.75) is 26.2 Å². The first-order valence-corrected chi connectivity index (χ1v) is 5.86. The largest absolute Gasteiger partial charge is 0.482 e. The van der Waals surface area contributed by atoms with Crippen molar-refractivity contribution in [3.05, 3.63) is 24.3 Å².